The molecule has 0 amide bonds. The maximum Gasteiger partial charge on any atom is 0.196 e. The van der Waals surface area contributed by atoms with Crippen molar-refractivity contribution in [2.45, 2.75) is 13.2 Å². The summed E-state index contributed by atoms with van der Waals surface area (Å²) < 4.78 is 6.03. The molecule has 0 unspecified atom stereocenters. The summed E-state index contributed by atoms with van der Waals surface area (Å²) in [5, 5.41) is 1.23. The molecule has 0 aliphatic rings. The Morgan fingerprint density at radius 2 is 1.67 bits per heavy atom. The van der Waals surface area contributed by atoms with Gasteiger partial charge in [0.05, 0.1) is 0 Å². The molecule has 2 aromatic carbocycles. The van der Waals surface area contributed by atoms with Crippen LogP contribution in [-0.4, -0.2) is 24.0 Å². The van der Waals surface area contributed by atoms with Crippen LogP contribution in [0, 0.1) is 0 Å². The summed E-state index contributed by atoms with van der Waals surface area (Å²) in [4.78, 5) is 5.55. The van der Waals surface area contributed by atoms with E-state index in [1.807, 2.05) is 24.3 Å². The molecule has 3 nitrogen and oxygen atoms in total. The Balaban J connectivity index is 1.89. The lowest BCUT2D eigenvalue weighted by molar-refractivity contribution is 0.287. The van der Waals surface area contributed by atoms with E-state index in [1.165, 1.54) is 16.5 Å². The highest BCUT2D eigenvalue weighted by atomic mass is 16.5. The summed E-state index contributed by atoms with van der Waals surface area (Å²) in [6, 6.07) is 18.6. The summed E-state index contributed by atoms with van der Waals surface area (Å²) in [5.41, 5.74) is 3.51. The molecule has 0 atom stereocenters. The second kappa shape index (κ2) is 6.02. The molecule has 3 aromatic rings. The third-order valence-corrected chi connectivity index (χ3v) is 3.47. The maximum absolute atomic E-state index is 6.03. The molecule has 0 bridgehead atoms. The first kappa shape index (κ1) is 13.7. The van der Waals surface area contributed by atoms with Gasteiger partial charge in [0, 0.05) is 23.0 Å². The summed E-state index contributed by atoms with van der Waals surface area (Å²) in [5.74, 6) is 0.869. The minimum Gasteiger partial charge on any atom is -0.474 e. The van der Waals surface area contributed by atoms with Crippen LogP contribution in [0.15, 0.2) is 54.6 Å². The molecule has 0 spiro atoms. The van der Waals surface area contributed by atoms with Crippen LogP contribution in [0.1, 0.15) is 11.1 Å². The fourth-order valence-electron chi connectivity index (χ4n) is 2.50. The van der Waals surface area contributed by atoms with E-state index < -0.39 is 0 Å². The van der Waals surface area contributed by atoms with E-state index in [9.17, 15) is 0 Å². The van der Waals surface area contributed by atoms with Gasteiger partial charge in [0.15, 0.2) is 5.88 Å². The van der Waals surface area contributed by atoms with Gasteiger partial charge in [-0.15, -0.1) is 0 Å². The van der Waals surface area contributed by atoms with Gasteiger partial charge in [0.25, 0.3) is 0 Å². The molecule has 108 valence electrons. The van der Waals surface area contributed by atoms with Gasteiger partial charge >= 0.3 is 0 Å². The lowest BCUT2D eigenvalue weighted by Crippen LogP contribution is -2.11. The molecule has 1 aromatic heterocycles. The van der Waals surface area contributed by atoms with Gasteiger partial charge in [-0.25, -0.2) is 0 Å². The first-order valence-corrected chi connectivity index (χ1v) is 7.15. The van der Waals surface area contributed by atoms with E-state index in [0.29, 0.717) is 6.61 Å². The first-order valence-electron chi connectivity index (χ1n) is 7.15. The van der Waals surface area contributed by atoms with Crippen molar-refractivity contribution < 1.29 is 4.74 Å². The summed E-state index contributed by atoms with van der Waals surface area (Å²) in [6.45, 7) is 1.43. The molecule has 0 saturated heterocycles. The third-order valence-electron chi connectivity index (χ3n) is 3.47. The fourth-order valence-corrected chi connectivity index (χ4v) is 2.50. The van der Waals surface area contributed by atoms with Crippen LogP contribution in [0.4, 0.5) is 0 Å². The smallest absolute Gasteiger partial charge is 0.196 e. The molecule has 1 heterocycles. The molecule has 0 aliphatic heterocycles. The molecule has 0 fully saturated rings. The second-order valence-electron chi connectivity index (χ2n) is 5.49. The predicted octanol–water partition coefficient (Wildman–Crippen LogP) is 3.81. The minimum atomic E-state index is 0.577. The Morgan fingerprint density at radius 3 is 2.43 bits per heavy atom. The number of rotatable bonds is 5. The van der Waals surface area contributed by atoms with Gasteiger partial charge in [0.1, 0.15) is 6.61 Å². The highest BCUT2D eigenvalue weighted by molar-refractivity contribution is 5.85. The first-order chi connectivity index (χ1) is 10.2. The third kappa shape index (κ3) is 3.09. The average molecular weight is 280 g/mol. The SMILES string of the molecule is CN(C)Cc1c(OCc2ccccc2)[nH]c2ccccc12. The molecule has 1 N–H and O–H groups in total. The second-order valence-corrected chi connectivity index (χ2v) is 5.49. The monoisotopic (exact) mass is 280 g/mol. The number of aromatic amines is 1. The quantitative estimate of drug-likeness (QED) is 0.770. The van der Waals surface area contributed by atoms with E-state index in [2.05, 4.69) is 54.3 Å². The normalized spacial score (nSPS) is 11.2. The van der Waals surface area contributed by atoms with E-state index in [4.69, 9.17) is 4.74 Å². The topological polar surface area (TPSA) is 28.3 Å². The Labute approximate surface area is 125 Å². The zero-order valence-electron chi connectivity index (χ0n) is 12.5. The number of H-pyrrole nitrogens is 1. The van der Waals surface area contributed by atoms with Crippen molar-refractivity contribution in [3.63, 3.8) is 0 Å². The van der Waals surface area contributed by atoms with Gasteiger partial charge in [-0.3, -0.25) is 0 Å². The van der Waals surface area contributed by atoms with Gasteiger partial charge in [-0.05, 0) is 25.7 Å². The summed E-state index contributed by atoms with van der Waals surface area (Å²) in [7, 11) is 4.14. The van der Waals surface area contributed by atoms with Crippen molar-refractivity contribution >= 4 is 10.9 Å². The van der Waals surface area contributed by atoms with Gasteiger partial charge < -0.3 is 14.6 Å². The summed E-state index contributed by atoms with van der Waals surface area (Å²) in [6.07, 6.45) is 0. The van der Waals surface area contributed by atoms with Crippen molar-refractivity contribution in [1.29, 1.82) is 0 Å². The van der Waals surface area contributed by atoms with E-state index >= 15 is 0 Å². The van der Waals surface area contributed by atoms with E-state index in [1.54, 1.807) is 0 Å². The molecule has 0 saturated carbocycles. The van der Waals surface area contributed by atoms with Gasteiger partial charge in [0.2, 0.25) is 0 Å². The average Bonchev–Trinajstić information content (AvgIpc) is 2.84. The van der Waals surface area contributed by atoms with Crippen LogP contribution in [0.2, 0.25) is 0 Å². The highest BCUT2D eigenvalue weighted by Gasteiger charge is 2.13. The molecule has 0 aliphatic carbocycles. The van der Waals surface area contributed by atoms with Crippen molar-refractivity contribution in [3.05, 3.63) is 65.7 Å². The van der Waals surface area contributed by atoms with Crippen molar-refractivity contribution in [1.82, 2.24) is 9.88 Å². The van der Waals surface area contributed by atoms with Crippen LogP contribution in [0.3, 0.4) is 0 Å². The predicted molar refractivity (Wildman–Crippen MR) is 86.5 cm³/mol. The number of aromatic nitrogens is 1. The van der Waals surface area contributed by atoms with Crippen LogP contribution < -0.4 is 4.74 Å². The number of hydrogen-bond acceptors (Lipinski definition) is 2. The largest absolute Gasteiger partial charge is 0.474 e. The Hall–Kier alpha value is -2.26. The van der Waals surface area contributed by atoms with Crippen LogP contribution >= 0.6 is 0 Å². The lowest BCUT2D eigenvalue weighted by Gasteiger charge is -2.12. The van der Waals surface area contributed by atoms with Crippen molar-refractivity contribution in [2.24, 2.45) is 0 Å². The number of nitrogens with one attached hydrogen (secondary N) is 1. The minimum absolute atomic E-state index is 0.577. The standard InChI is InChI=1S/C18H20N2O/c1-20(2)12-16-15-10-6-7-11-17(15)19-18(16)21-13-14-8-4-3-5-9-14/h3-11,19H,12-13H2,1-2H3. The van der Waals surface area contributed by atoms with Crippen molar-refractivity contribution in [2.75, 3.05) is 14.1 Å². The molecule has 21 heavy (non-hydrogen) atoms. The molecule has 3 rings (SSSR count). The molecule has 3 heteroatoms. The molecule has 0 radical (unpaired) electrons. The van der Waals surface area contributed by atoms with Crippen LogP contribution in [0.5, 0.6) is 5.88 Å². The Bertz CT molecular complexity index is 716. The maximum atomic E-state index is 6.03. The van der Waals surface area contributed by atoms with E-state index in [-0.39, 0.29) is 0 Å². The zero-order valence-corrected chi connectivity index (χ0v) is 12.5. The van der Waals surface area contributed by atoms with E-state index in [0.717, 1.165) is 17.9 Å². The zero-order chi connectivity index (χ0) is 14.7. The van der Waals surface area contributed by atoms with Gasteiger partial charge in [-0.1, -0.05) is 48.5 Å². The number of hydrogen-bond donors (Lipinski definition) is 1. The summed E-state index contributed by atoms with van der Waals surface area (Å²) >= 11 is 0. The van der Waals surface area contributed by atoms with Crippen LogP contribution in [0.25, 0.3) is 10.9 Å². The number of nitrogens with zero attached hydrogens (tertiary/aromatic N) is 1. The highest BCUT2D eigenvalue weighted by Crippen LogP contribution is 2.29. The number of fused-ring (bicyclic) bond motifs is 1. The van der Waals surface area contributed by atoms with Gasteiger partial charge in [-0.2, -0.15) is 0 Å². The van der Waals surface area contributed by atoms with Crippen molar-refractivity contribution in [3.8, 4) is 5.88 Å². The number of benzene rings is 2. The molecular weight excluding hydrogens is 260 g/mol. The fraction of sp³-hybridized carbons (Fsp3) is 0.222. The lowest BCUT2D eigenvalue weighted by atomic mass is 10.1. The molecular formula is C18H20N2O. The Morgan fingerprint density at radius 1 is 0.952 bits per heavy atom. The number of ether oxygens (including phenoxy) is 1. The van der Waals surface area contributed by atoms with Crippen LogP contribution in [-0.2, 0) is 13.2 Å². The number of para-hydroxylation sites is 1. The Kier molecular flexibility index (Phi) is 3.93.